The number of carbonyl (C=O) groups excluding carboxylic acids is 2. The van der Waals surface area contributed by atoms with Gasteiger partial charge in [0.15, 0.2) is 5.60 Å². The summed E-state index contributed by atoms with van der Waals surface area (Å²) in [5, 5.41) is 11.8. The number of nitrogens with zero attached hydrogens (tertiary/aromatic N) is 1. The smallest absolute Gasteiger partial charge is 0.265 e. The van der Waals surface area contributed by atoms with E-state index in [1.807, 2.05) is 50.0 Å². The monoisotopic (exact) mass is 586 g/mol. The average Bonchev–Trinajstić information content (AvgIpc) is 2.94. The van der Waals surface area contributed by atoms with Gasteiger partial charge in [0.2, 0.25) is 11.7 Å². The number of Topliss-reactive ketones (excluding diaryl/α,β-unsaturated/α-hetero) is 1. The Morgan fingerprint density at radius 3 is 2.43 bits per heavy atom. The minimum Gasteiger partial charge on any atom is -0.480 e. The van der Waals surface area contributed by atoms with Gasteiger partial charge in [0.25, 0.3) is 6.43 Å². The molecular formula is C33H44F2N2O5. The first-order chi connectivity index (χ1) is 19.8. The van der Waals surface area contributed by atoms with Gasteiger partial charge in [-0.05, 0) is 82.4 Å². The van der Waals surface area contributed by atoms with Crippen molar-refractivity contribution in [1.82, 2.24) is 10.2 Å². The van der Waals surface area contributed by atoms with Crippen molar-refractivity contribution < 1.29 is 33.0 Å². The summed E-state index contributed by atoms with van der Waals surface area (Å²) in [6.07, 6.45) is 5.28. The molecule has 1 heterocycles. The maximum atomic E-state index is 14.0. The van der Waals surface area contributed by atoms with Crippen LogP contribution in [0.15, 0.2) is 83.5 Å². The van der Waals surface area contributed by atoms with Crippen LogP contribution in [0.3, 0.4) is 0 Å². The van der Waals surface area contributed by atoms with Crippen molar-refractivity contribution in [3.63, 3.8) is 0 Å². The highest BCUT2D eigenvalue weighted by Crippen LogP contribution is 2.23. The molecule has 1 aromatic carbocycles. The Morgan fingerprint density at radius 1 is 1.21 bits per heavy atom. The van der Waals surface area contributed by atoms with Crippen LogP contribution in [0.25, 0.3) is 0 Å². The van der Waals surface area contributed by atoms with E-state index in [4.69, 9.17) is 9.47 Å². The fourth-order valence-corrected chi connectivity index (χ4v) is 4.20. The lowest BCUT2D eigenvalue weighted by Gasteiger charge is -2.26. The number of aliphatic hydroxyl groups is 1. The Kier molecular flexibility index (Phi) is 13.3. The zero-order valence-electron chi connectivity index (χ0n) is 25.5. The summed E-state index contributed by atoms with van der Waals surface area (Å²) in [5.74, 6) is 1.12. The second-order valence-electron chi connectivity index (χ2n) is 10.9. The fourth-order valence-electron chi connectivity index (χ4n) is 4.20. The van der Waals surface area contributed by atoms with E-state index in [2.05, 4.69) is 11.9 Å². The first-order valence-electron chi connectivity index (χ1n) is 14.1. The molecule has 1 amide bonds. The van der Waals surface area contributed by atoms with Crippen LogP contribution in [-0.4, -0.2) is 53.4 Å². The molecule has 7 nitrogen and oxygen atoms in total. The Balaban J connectivity index is 2.26. The number of hydrogen-bond acceptors (Lipinski definition) is 6. The average molecular weight is 587 g/mol. The van der Waals surface area contributed by atoms with E-state index in [0.29, 0.717) is 31.0 Å². The summed E-state index contributed by atoms with van der Waals surface area (Å²) in [7, 11) is 0. The number of nitrogens with one attached hydrogen (secondary N) is 1. The molecule has 0 aromatic heterocycles. The minimum atomic E-state index is -2.79. The molecule has 0 saturated carbocycles. The predicted octanol–water partition coefficient (Wildman–Crippen LogP) is 6.23. The third kappa shape index (κ3) is 10.7. The van der Waals surface area contributed by atoms with E-state index in [1.165, 1.54) is 12.2 Å². The van der Waals surface area contributed by atoms with Crippen LogP contribution in [0.4, 0.5) is 8.78 Å². The van der Waals surface area contributed by atoms with Gasteiger partial charge < -0.3 is 19.9 Å². The molecule has 9 heteroatoms. The predicted molar refractivity (Wildman–Crippen MR) is 161 cm³/mol. The molecule has 0 aliphatic carbocycles. The first-order valence-corrected chi connectivity index (χ1v) is 14.1. The summed E-state index contributed by atoms with van der Waals surface area (Å²) >= 11 is 0. The molecule has 230 valence electrons. The van der Waals surface area contributed by atoms with Crippen LogP contribution in [0.1, 0.15) is 59.9 Å². The lowest BCUT2D eigenvalue weighted by atomic mass is 9.97. The summed E-state index contributed by atoms with van der Waals surface area (Å²) < 4.78 is 39.6. The minimum absolute atomic E-state index is 0.0222. The summed E-state index contributed by atoms with van der Waals surface area (Å²) in [6, 6.07) is 7.05. The summed E-state index contributed by atoms with van der Waals surface area (Å²) in [6.45, 7) is 14.4. The van der Waals surface area contributed by atoms with E-state index < -0.39 is 30.3 Å². The molecule has 1 aromatic rings. The van der Waals surface area contributed by atoms with E-state index in [9.17, 15) is 23.5 Å². The number of hydrogen-bond donors (Lipinski definition) is 2. The molecule has 1 aliphatic rings. The van der Waals surface area contributed by atoms with Gasteiger partial charge >= 0.3 is 0 Å². The second-order valence-corrected chi connectivity index (χ2v) is 10.9. The van der Waals surface area contributed by atoms with Gasteiger partial charge in [-0.2, -0.15) is 0 Å². The Morgan fingerprint density at radius 2 is 1.88 bits per heavy atom. The van der Waals surface area contributed by atoms with Crippen LogP contribution in [0.5, 0.6) is 5.75 Å². The SMILES string of the molecule is C=C/C(NC(=O)CN(CC1=CCC=C(C)O1)Cc1ccc(OC(C)(C)C(=O)CO)cc1)=C(\C=C(/C)C(C)CC)C(F)F. The number of ether oxygens (including phenoxy) is 2. The molecule has 1 atom stereocenters. The van der Waals surface area contributed by atoms with Crippen LogP contribution in [0, 0.1) is 5.92 Å². The first kappa shape index (κ1) is 34.6. The molecule has 0 radical (unpaired) electrons. The number of halogens is 2. The zero-order valence-corrected chi connectivity index (χ0v) is 25.5. The number of rotatable bonds is 16. The van der Waals surface area contributed by atoms with Crippen LogP contribution >= 0.6 is 0 Å². The van der Waals surface area contributed by atoms with E-state index >= 15 is 0 Å². The van der Waals surface area contributed by atoms with Gasteiger partial charge in [0, 0.05) is 17.8 Å². The van der Waals surface area contributed by atoms with Crippen molar-refractivity contribution in [2.24, 2.45) is 5.92 Å². The third-order valence-electron chi connectivity index (χ3n) is 7.10. The Labute approximate surface area is 248 Å². The molecule has 0 bridgehead atoms. The molecule has 1 aliphatic heterocycles. The summed E-state index contributed by atoms with van der Waals surface area (Å²) in [4.78, 5) is 27.0. The molecule has 0 fully saturated rings. The van der Waals surface area contributed by atoms with Gasteiger partial charge in [-0.25, -0.2) is 8.78 Å². The highest BCUT2D eigenvalue weighted by Gasteiger charge is 2.29. The number of aliphatic hydroxyl groups excluding tert-OH is 1. The number of ketones is 1. The van der Waals surface area contributed by atoms with E-state index in [0.717, 1.165) is 23.3 Å². The molecule has 2 N–H and O–H groups in total. The lowest BCUT2D eigenvalue weighted by molar-refractivity contribution is -0.134. The number of carbonyl (C=O) groups is 2. The number of allylic oxidation sites excluding steroid dienone is 7. The molecule has 0 saturated heterocycles. The number of alkyl halides is 2. The van der Waals surface area contributed by atoms with Crippen LogP contribution in [-0.2, 0) is 20.9 Å². The zero-order chi connectivity index (χ0) is 31.4. The standard InChI is InChI=1S/C33H44F2N2O5/c1-8-22(3)23(4)17-28(32(34)35)29(9-2)36-31(40)20-37(19-27-12-10-11-24(5)41-27)18-25-13-15-26(16-14-25)42-33(6,7)30(39)21-38/h9,11-17,22,32,38H,2,8,10,18-21H2,1,3-7H3,(H,36,40)/b23-17+,29-28-. The molecule has 1 unspecified atom stereocenters. The Bertz CT molecular complexity index is 1230. The second kappa shape index (κ2) is 16.2. The maximum Gasteiger partial charge on any atom is 0.265 e. The van der Waals surface area contributed by atoms with Crippen molar-refractivity contribution in [1.29, 1.82) is 0 Å². The van der Waals surface area contributed by atoms with Gasteiger partial charge in [0.1, 0.15) is 18.1 Å². The highest BCUT2D eigenvalue weighted by atomic mass is 19.3. The van der Waals surface area contributed by atoms with Gasteiger partial charge in [-0.15, -0.1) is 0 Å². The van der Waals surface area contributed by atoms with Gasteiger partial charge in [-0.3, -0.25) is 14.5 Å². The summed E-state index contributed by atoms with van der Waals surface area (Å²) in [5.41, 5.74) is 0.159. The number of amides is 1. The van der Waals surface area contributed by atoms with E-state index in [1.54, 1.807) is 32.9 Å². The van der Waals surface area contributed by atoms with Gasteiger partial charge in [-0.1, -0.05) is 44.2 Å². The van der Waals surface area contributed by atoms with Crippen molar-refractivity contribution in [2.75, 3.05) is 19.7 Å². The third-order valence-corrected chi connectivity index (χ3v) is 7.10. The van der Waals surface area contributed by atoms with E-state index in [-0.39, 0.29) is 23.7 Å². The van der Waals surface area contributed by atoms with Crippen molar-refractivity contribution in [3.8, 4) is 5.75 Å². The van der Waals surface area contributed by atoms with Crippen molar-refractivity contribution in [2.45, 2.75) is 73.0 Å². The molecule has 2 rings (SSSR count). The van der Waals surface area contributed by atoms with Gasteiger partial charge in [0.05, 0.1) is 18.8 Å². The van der Waals surface area contributed by atoms with Crippen molar-refractivity contribution >= 4 is 11.7 Å². The largest absolute Gasteiger partial charge is 0.480 e. The van der Waals surface area contributed by atoms with Crippen molar-refractivity contribution in [3.05, 3.63) is 89.1 Å². The highest BCUT2D eigenvalue weighted by molar-refractivity contribution is 5.87. The van der Waals surface area contributed by atoms with Crippen LogP contribution < -0.4 is 10.1 Å². The Hall–Kier alpha value is -3.56. The van der Waals surface area contributed by atoms with Crippen LogP contribution in [0.2, 0.25) is 0 Å². The fraction of sp³-hybridized carbons (Fsp3) is 0.455. The molecule has 0 spiro atoms. The lowest BCUT2D eigenvalue weighted by Crippen LogP contribution is -2.40. The molecule has 42 heavy (non-hydrogen) atoms. The normalized spacial score (nSPS) is 15.4. The topological polar surface area (TPSA) is 88.1 Å². The number of benzene rings is 1. The quantitative estimate of drug-likeness (QED) is 0.223. The molecular weight excluding hydrogens is 542 g/mol. The maximum absolute atomic E-state index is 14.0.